The molecule has 0 bridgehead atoms. The van der Waals surface area contributed by atoms with Crippen molar-refractivity contribution < 1.29 is 4.79 Å². The second-order valence-corrected chi connectivity index (χ2v) is 5.44. The number of thiazole rings is 1. The Morgan fingerprint density at radius 1 is 1.56 bits per heavy atom. The molecule has 2 unspecified atom stereocenters. The number of aromatic nitrogens is 1. The van der Waals surface area contributed by atoms with Crippen molar-refractivity contribution in [3.8, 4) is 0 Å². The maximum absolute atomic E-state index is 11.5. The first-order chi connectivity index (χ1) is 7.68. The Balaban J connectivity index is 1.88. The van der Waals surface area contributed by atoms with Crippen molar-refractivity contribution in [1.82, 2.24) is 9.88 Å². The molecule has 0 aliphatic carbocycles. The molecule has 1 saturated heterocycles. The summed E-state index contributed by atoms with van der Waals surface area (Å²) in [5, 5.41) is 3.21. The smallest absolute Gasteiger partial charge is 0.138 e. The van der Waals surface area contributed by atoms with Crippen LogP contribution in [0.4, 0.5) is 0 Å². The monoisotopic (exact) mass is 238 g/mol. The highest BCUT2D eigenvalue weighted by molar-refractivity contribution is 7.09. The van der Waals surface area contributed by atoms with Gasteiger partial charge in [0.25, 0.3) is 0 Å². The predicted octanol–water partition coefficient (Wildman–Crippen LogP) is 1.99. The van der Waals surface area contributed by atoms with Crippen LogP contribution in [0, 0.1) is 5.92 Å². The van der Waals surface area contributed by atoms with Crippen molar-refractivity contribution in [2.75, 3.05) is 13.1 Å². The van der Waals surface area contributed by atoms with E-state index in [1.54, 1.807) is 11.3 Å². The number of rotatable bonds is 3. The summed E-state index contributed by atoms with van der Waals surface area (Å²) in [7, 11) is 0. The van der Waals surface area contributed by atoms with Gasteiger partial charge >= 0.3 is 0 Å². The second-order valence-electron chi connectivity index (χ2n) is 4.46. The molecule has 1 aromatic rings. The van der Waals surface area contributed by atoms with Crippen LogP contribution in [0.1, 0.15) is 25.3 Å². The number of hydrogen-bond acceptors (Lipinski definition) is 4. The van der Waals surface area contributed by atoms with Gasteiger partial charge in [0, 0.05) is 49.5 Å². The molecule has 2 rings (SSSR count). The van der Waals surface area contributed by atoms with Crippen molar-refractivity contribution in [3.05, 3.63) is 16.6 Å². The van der Waals surface area contributed by atoms with E-state index in [9.17, 15) is 4.79 Å². The van der Waals surface area contributed by atoms with E-state index in [2.05, 4.69) is 16.8 Å². The normalized spacial score (nSPS) is 27.2. The van der Waals surface area contributed by atoms with Crippen LogP contribution in [0.3, 0.4) is 0 Å². The van der Waals surface area contributed by atoms with E-state index in [-0.39, 0.29) is 5.92 Å². The van der Waals surface area contributed by atoms with Gasteiger partial charge in [-0.25, -0.2) is 4.98 Å². The predicted molar refractivity (Wildman–Crippen MR) is 65.6 cm³/mol. The van der Waals surface area contributed by atoms with E-state index < -0.39 is 0 Å². The molecule has 2 atom stereocenters. The maximum atomic E-state index is 11.5. The third-order valence-corrected chi connectivity index (χ3v) is 4.39. The van der Waals surface area contributed by atoms with E-state index in [0.29, 0.717) is 18.2 Å². The lowest BCUT2D eigenvalue weighted by Crippen LogP contribution is -2.47. The molecular formula is C12H18N2OS. The zero-order chi connectivity index (χ0) is 11.5. The molecule has 0 saturated carbocycles. The van der Waals surface area contributed by atoms with Crippen LogP contribution < -0.4 is 0 Å². The number of piperidine rings is 1. The molecule has 4 heteroatoms. The summed E-state index contributed by atoms with van der Waals surface area (Å²) in [5.74, 6) is 0.600. The summed E-state index contributed by atoms with van der Waals surface area (Å²) in [6.45, 7) is 6.13. The molecule has 0 amide bonds. The summed E-state index contributed by atoms with van der Waals surface area (Å²) in [4.78, 5) is 18.2. The van der Waals surface area contributed by atoms with Gasteiger partial charge < -0.3 is 0 Å². The van der Waals surface area contributed by atoms with Gasteiger partial charge in [-0.15, -0.1) is 11.3 Å². The van der Waals surface area contributed by atoms with Crippen LogP contribution in [0.25, 0.3) is 0 Å². The number of likely N-dealkylation sites (tertiary alicyclic amines) is 1. The number of nitrogens with zero attached hydrogens (tertiary/aromatic N) is 2. The third-order valence-electron chi connectivity index (χ3n) is 3.55. The van der Waals surface area contributed by atoms with E-state index in [0.717, 1.165) is 19.5 Å². The first kappa shape index (κ1) is 11.7. The zero-order valence-electron chi connectivity index (χ0n) is 9.85. The van der Waals surface area contributed by atoms with Gasteiger partial charge in [0.15, 0.2) is 0 Å². The number of ketones is 1. The van der Waals surface area contributed by atoms with Gasteiger partial charge in [-0.3, -0.25) is 9.69 Å². The van der Waals surface area contributed by atoms with Gasteiger partial charge in [0.1, 0.15) is 5.78 Å². The Morgan fingerprint density at radius 3 is 3.06 bits per heavy atom. The molecule has 1 aliphatic rings. The first-order valence-corrected chi connectivity index (χ1v) is 6.71. The molecule has 1 fully saturated rings. The quantitative estimate of drug-likeness (QED) is 0.807. The number of Topliss-reactive ketones (excluding diaryl/α,β-unsaturated/α-hetero) is 1. The molecule has 2 heterocycles. The minimum absolute atomic E-state index is 0.185. The summed E-state index contributed by atoms with van der Waals surface area (Å²) in [6.07, 6.45) is 3.57. The van der Waals surface area contributed by atoms with E-state index in [1.807, 2.05) is 18.5 Å². The van der Waals surface area contributed by atoms with Crippen LogP contribution in [-0.2, 0) is 11.2 Å². The minimum Gasteiger partial charge on any atom is -0.299 e. The summed E-state index contributed by atoms with van der Waals surface area (Å²) in [5.41, 5.74) is 0. The Bertz CT molecular complexity index is 350. The molecule has 88 valence electrons. The van der Waals surface area contributed by atoms with Crippen LogP contribution >= 0.6 is 11.3 Å². The Labute approximate surface area is 100 Å². The number of hydrogen-bond donors (Lipinski definition) is 0. The van der Waals surface area contributed by atoms with Gasteiger partial charge in [-0.1, -0.05) is 6.92 Å². The lowest BCUT2D eigenvalue weighted by Gasteiger charge is -2.36. The van der Waals surface area contributed by atoms with Crippen LogP contribution in [0.2, 0.25) is 0 Å². The molecule has 0 radical (unpaired) electrons. The molecule has 1 aliphatic heterocycles. The minimum atomic E-state index is 0.185. The fourth-order valence-electron chi connectivity index (χ4n) is 2.20. The highest BCUT2D eigenvalue weighted by Crippen LogP contribution is 2.20. The van der Waals surface area contributed by atoms with Crippen molar-refractivity contribution in [2.24, 2.45) is 5.92 Å². The third kappa shape index (κ3) is 2.50. The molecular weight excluding hydrogens is 220 g/mol. The Kier molecular flexibility index (Phi) is 3.71. The highest BCUT2D eigenvalue weighted by atomic mass is 32.1. The Hall–Kier alpha value is -0.740. The highest BCUT2D eigenvalue weighted by Gasteiger charge is 2.30. The Morgan fingerprint density at radius 2 is 2.38 bits per heavy atom. The standard InChI is InChI=1S/C12H18N2OS/c1-9-10(2)14(6-3-11(9)15)7-4-12-13-5-8-16-12/h5,8-10H,3-4,6-7H2,1-2H3. The summed E-state index contributed by atoms with van der Waals surface area (Å²) < 4.78 is 0. The van der Waals surface area contributed by atoms with Crippen LogP contribution in [0.15, 0.2) is 11.6 Å². The van der Waals surface area contributed by atoms with Gasteiger partial charge in [0.05, 0.1) is 5.01 Å². The van der Waals surface area contributed by atoms with Crippen LogP contribution in [0.5, 0.6) is 0 Å². The van der Waals surface area contributed by atoms with Crippen LogP contribution in [-0.4, -0.2) is 34.8 Å². The molecule has 3 nitrogen and oxygen atoms in total. The number of carbonyl (C=O) groups excluding carboxylic acids is 1. The molecule has 1 aromatic heterocycles. The largest absolute Gasteiger partial charge is 0.299 e. The fourth-order valence-corrected chi connectivity index (χ4v) is 2.81. The average molecular weight is 238 g/mol. The SMILES string of the molecule is CC1C(=O)CCN(CCc2nccs2)C1C. The van der Waals surface area contributed by atoms with Crippen molar-refractivity contribution in [2.45, 2.75) is 32.7 Å². The topological polar surface area (TPSA) is 33.2 Å². The lowest BCUT2D eigenvalue weighted by molar-refractivity contribution is -0.127. The molecule has 0 N–H and O–H groups in total. The van der Waals surface area contributed by atoms with Crippen molar-refractivity contribution in [3.63, 3.8) is 0 Å². The first-order valence-electron chi connectivity index (χ1n) is 5.83. The molecule has 0 spiro atoms. The van der Waals surface area contributed by atoms with Crippen molar-refractivity contribution in [1.29, 1.82) is 0 Å². The average Bonchev–Trinajstić information content (AvgIpc) is 2.78. The maximum Gasteiger partial charge on any atom is 0.138 e. The number of carbonyl (C=O) groups is 1. The van der Waals surface area contributed by atoms with E-state index in [4.69, 9.17) is 0 Å². The van der Waals surface area contributed by atoms with E-state index in [1.165, 1.54) is 5.01 Å². The second kappa shape index (κ2) is 5.06. The fraction of sp³-hybridized carbons (Fsp3) is 0.667. The van der Waals surface area contributed by atoms with Gasteiger partial charge in [0.2, 0.25) is 0 Å². The van der Waals surface area contributed by atoms with Gasteiger partial charge in [-0.2, -0.15) is 0 Å². The molecule has 0 aromatic carbocycles. The van der Waals surface area contributed by atoms with Gasteiger partial charge in [-0.05, 0) is 6.92 Å². The zero-order valence-corrected chi connectivity index (χ0v) is 10.7. The molecule has 16 heavy (non-hydrogen) atoms. The van der Waals surface area contributed by atoms with E-state index >= 15 is 0 Å². The summed E-state index contributed by atoms with van der Waals surface area (Å²) in [6, 6.07) is 0.376. The van der Waals surface area contributed by atoms with Crippen molar-refractivity contribution >= 4 is 17.1 Å². The lowest BCUT2D eigenvalue weighted by atomic mass is 9.90. The summed E-state index contributed by atoms with van der Waals surface area (Å²) >= 11 is 1.71.